The molecule has 0 amide bonds. The predicted molar refractivity (Wildman–Crippen MR) is 275 cm³/mol. The van der Waals surface area contributed by atoms with E-state index in [2.05, 4.69) is 10.2 Å². The number of nitriles is 1. The summed E-state index contributed by atoms with van der Waals surface area (Å²) in [5, 5.41) is 21.7. The minimum Gasteiger partial charge on any atom is -0.493 e. The van der Waals surface area contributed by atoms with Crippen LogP contribution in [0.3, 0.4) is 0 Å². The van der Waals surface area contributed by atoms with Gasteiger partial charge in [-0.15, -0.1) is 10.2 Å². The van der Waals surface area contributed by atoms with Crippen LogP contribution in [-0.2, 0) is 36.5 Å². The molecule has 6 atom stereocenters. The van der Waals surface area contributed by atoms with Crippen LogP contribution in [0.1, 0.15) is 113 Å². The topological polar surface area (TPSA) is 327 Å². The van der Waals surface area contributed by atoms with Crippen molar-refractivity contribution in [2.75, 3.05) is 95.7 Å². The zero-order valence-corrected chi connectivity index (χ0v) is 49.2. The first-order chi connectivity index (χ1) is 39.2. The molecule has 7 heterocycles. The van der Waals surface area contributed by atoms with Crippen molar-refractivity contribution in [2.45, 2.75) is 96.2 Å². The van der Waals surface area contributed by atoms with Gasteiger partial charge in [0.15, 0.2) is 46.0 Å². The molecule has 1 saturated heterocycles. The maximum absolute atomic E-state index is 13.2. The number of halogens is 1. The van der Waals surface area contributed by atoms with Crippen LogP contribution in [0.25, 0.3) is 0 Å². The molecule has 0 aliphatic carbocycles. The van der Waals surface area contributed by atoms with E-state index in [9.17, 15) is 14.7 Å². The monoisotopic (exact) mass is 1180 g/mol. The average molecular weight is 1180 g/mol. The summed E-state index contributed by atoms with van der Waals surface area (Å²) in [5.41, 5.74) is 6.02. The number of rotatable bonds is 16. The van der Waals surface area contributed by atoms with E-state index in [4.69, 9.17) is 95.0 Å². The van der Waals surface area contributed by atoms with Crippen LogP contribution in [0, 0.1) is 21.6 Å². The normalized spacial score (nSPS) is 20.1. The largest absolute Gasteiger partial charge is 1.00 e. The molecular weight excluding hydrogens is 1110 g/mol. The summed E-state index contributed by atoms with van der Waals surface area (Å²) in [6.07, 6.45) is 0.288. The Morgan fingerprint density at radius 2 is 1.18 bits per heavy atom. The van der Waals surface area contributed by atoms with E-state index in [1.807, 2.05) is 52.0 Å². The Hall–Kier alpha value is -6.20. The fraction of sp³-hybridized carbons (Fsp3) is 0.518. The number of fused-ring (bicyclic) bond motifs is 6. The average Bonchev–Trinajstić information content (AvgIpc) is 1.99. The number of epoxide rings is 1. The zero-order chi connectivity index (χ0) is 59.6. The number of ether oxygens (including phenoxy) is 15. The van der Waals surface area contributed by atoms with E-state index < -0.39 is 46.5 Å². The summed E-state index contributed by atoms with van der Waals surface area (Å²) in [5.74, 6) is 4.27. The van der Waals surface area contributed by atoms with Gasteiger partial charge < -0.3 is 81.5 Å². The maximum Gasteiger partial charge on any atom is 1.00 e. The third-order valence-electron chi connectivity index (χ3n) is 13.6. The Labute approximate surface area is 495 Å². The molecule has 0 bridgehead atoms. The molecule has 1 fully saturated rings. The summed E-state index contributed by atoms with van der Waals surface area (Å²) in [4.78, 5) is 28.1. The molecule has 3 unspecified atom stereocenters. The summed E-state index contributed by atoms with van der Waals surface area (Å²) >= 11 is 0. The number of carbonyl (C=O) groups excluding carboxylic acids is 2. The van der Waals surface area contributed by atoms with Gasteiger partial charge in [-0.2, -0.15) is 5.26 Å². The van der Waals surface area contributed by atoms with Gasteiger partial charge in [-0.3, -0.25) is 4.90 Å². The molecule has 83 heavy (non-hydrogen) atoms. The number of aliphatic hydroxyl groups is 1. The third-order valence-corrected chi connectivity index (χ3v) is 13.6. The van der Waals surface area contributed by atoms with Crippen LogP contribution in [0.5, 0.6) is 57.5 Å². The smallest absolute Gasteiger partial charge is 0.493 e. The van der Waals surface area contributed by atoms with Crippen molar-refractivity contribution >= 4 is 11.9 Å². The maximum atomic E-state index is 13.2. The number of benzene rings is 4. The molecule has 0 saturated carbocycles. The van der Waals surface area contributed by atoms with Gasteiger partial charge in [0, 0.05) is 42.3 Å². The second-order valence-electron chi connectivity index (χ2n) is 19.5. The molecule has 2 N–H and O–H groups in total. The van der Waals surface area contributed by atoms with Crippen molar-refractivity contribution in [1.82, 2.24) is 10.2 Å². The minimum absolute atomic E-state index is 0. The quantitative estimate of drug-likeness (QED) is 0.0785. The number of hydrogen-bond acceptors (Lipinski definition) is 25. The Kier molecular flexibility index (Phi) is 23.5. The number of aliphatic hydroxyl groups excluding tert-OH is 1. The third kappa shape index (κ3) is 15.4. The van der Waals surface area contributed by atoms with E-state index >= 15 is 0 Å². The second-order valence-corrected chi connectivity index (χ2v) is 20.2. The molecule has 7 aliphatic rings. The first kappa shape index (κ1) is 65.9. The van der Waals surface area contributed by atoms with E-state index in [1.54, 1.807) is 32.4 Å². The Bertz CT molecular complexity index is 2920. The van der Waals surface area contributed by atoms with Crippen LogP contribution >= 0.6 is 0 Å². The molecule has 7 aliphatic heterocycles. The van der Waals surface area contributed by atoms with Gasteiger partial charge in [0.1, 0.15) is 29.4 Å². The number of hydrogen-bond donors (Lipinski definition) is 2. The summed E-state index contributed by atoms with van der Waals surface area (Å²) in [6.45, 7) is 13.1. The van der Waals surface area contributed by atoms with Gasteiger partial charge in [0.05, 0.1) is 98.9 Å². The number of esters is 2. The van der Waals surface area contributed by atoms with Crippen LogP contribution in [-0.4, -0.2) is 142 Å². The number of nitrogens with zero attached hydrogens (tertiary/aromatic N) is 2. The number of cyclic esters (lactones) is 2. The van der Waals surface area contributed by atoms with Crippen molar-refractivity contribution in [3.05, 3.63) is 80.9 Å². The molecule has 448 valence electrons. The molecule has 25 nitrogen and oxygen atoms in total. The van der Waals surface area contributed by atoms with Crippen molar-refractivity contribution in [3.8, 4) is 63.6 Å². The van der Waals surface area contributed by atoms with Crippen molar-refractivity contribution in [3.63, 3.8) is 0 Å². The second kappa shape index (κ2) is 29.5. The first-order valence-electron chi connectivity index (χ1n) is 26.1. The SMILES string of the molecule is CC#N.CC(C)OCC1CO1.COc1ccc2c(c1OC)C(=O)OC2[C@H]1c2c(cc3c(c2OC)OCO3)CCN1CC(O)COC(C)C.COc1ccc2c(c1OC)C(=O)O[C@@H]2[C@@H]1NCCc2cc3c(c(OC)c21)OCO3.[Li+].[O-][Cl+3]([O-])([O-])[O-]. The van der Waals surface area contributed by atoms with Gasteiger partial charge in [0.25, 0.3) is 0 Å². The summed E-state index contributed by atoms with van der Waals surface area (Å²) in [6, 6.07) is 12.2. The van der Waals surface area contributed by atoms with Crippen molar-refractivity contribution in [1.29, 1.82) is 5.26 Å². The molecule has 4 aromatic rings. The fourth-order valence-electron chi connectivity index (χ4n) is 10.3. The van der Waals surface area contributed by atoms with Crippen LogP contribution in [0.15, 0.2) is 36.4 Å². The van der Waals surface area contributed by atoms with Gasteiger partial charge in [-0.25, -0.2) is 28.2 Å². The first-order valence-corrected chi connectivity index (χ1v) is 27.3. The Morgan fingerprint density at radius 3 is 1.65 bits per heavy atom. The molecule has 0 radical (unpaired) electrons. The van der Waals surface area contributed by atoms with Crippen molar-refractivity contribution < 1.29 is 133 Å². The Balaban J connectivity index is 0.000000212. The molecule has 11 rings (SSSR count). The van der Waals surface area contributed by atoms with E-state index in [1.165, 1.54) is 35.4 Å². The van der Waals surface area contributed by atoms with Crippen molar-refractivity contribution in [2.24, 2.45) is 0 Å². The molecular formula is C56H69ClLiN3O22. The minimum atomic E-state index is -4.94. The molecule has 0 spiro atoms. The number of methoxy groups -OCH3 is 6. The van der Waals surface area contributed by atoms with Crippen LogP contribution < -0.4 is 90.2 Å². The summed E-state index contributed by atoms with van der Waals surface area (Å²) in [7, 11) is 4.31. The zero-order valence-electron chi connectivity index (χ0n) is 48.4. The van der Waals surface area contributed by atoms with Gasteiger partial charge in [-0.05, 0) is 82.5 Å². The Morgan fingerprint density at radius 1 is 0.711 bits per heavy atom. The van der Waals surface area contributed by atoms with Crippen LogP contribution in [0.2, 0.25) is 0 Å². The predicted octanol–water partition coefficient (Wildman–Crippen LogP) is -0.834. The van der Waals surface area contributed by atoms with E-state index in [0.29, 0.717) is 106 Å². The van der Waals surface area contributed by atoms with Gasteiger partial charge in [-0.1, -0.05) is 12.1 Å². The number of β-amino-alcohol motifs (C(OH)–C–C–N with tert-alkyl or cyclic N) is 1. The van der Waals surface area contributed by atoms with E-state index in [0.717, 1.165) is 54.0 Å². The number of carbonyl (C=O) groups is 2. The van der Waals surface area contributed by atoms with E-state index in [-0.39, 0.29) is 51.2 Å². The molecule has 0 aromatic heterocycles. The standard InChI is InChI=1S/C27H33NO9.C21H21NO7.C6H12O2.C2H3N.ClHO4.Li/c1-14(2)34-12-16(29)11-28-9-8-15-10-19-25(36-13-35-19)26(33-5)20(15)22(28)23-17-6-7-18(31-3)24(32-4)21(17)27(30)37-23;1-24-12-5-4-11-15(18(12)25-2)21(23)29-17(11)16-14-10(6-7-22-16)8-13-19(20(14)26-3)28-9-27-13;1-5(2)7-3-6-4-8-6;1-2-3;2-1(3,4)5;/h6-7,10,14,16,22-23,29H,8-9,11-13H2,1-5H3;4-5,8,16-17,22H,6-7,9H2,1-3H3;5-6H,3-4H2,1-2H3;1H3;(H,2,3,4,5);/q;;;;;+1/p-1/t16?,22-,23?;16-,17+;;;;/m11..../s1. The van der Waals surface area contributed by atoms with Crippen LogP contribution in [0.4, 0.5) is 0 Å². The van der Waals surface area contributed by atoms with Gasteiger partial charge >= 0.3 is 30.8 Å². The molecule has 27 heteroatoms. The van der Waals surface area contributed by atoms with Gasteiger partial charge in [0.2, 0.25) is 25.1 Å². The summed E-state index contributed by atoms with van der Waals surface area (Å²) < 4.78 is 118. The molecule has 4 aromatic carbocycles. The number of nitrogens with one attached hydrogen (secondary N) is 1. The fourth-order valence-corrected chi connectivity index (χ4v) is 10.3.